The second-order valence-electron chi connectivity index (χ2n) is 7.80. The van der Waals surface area contributed by atoms with Crippen molar-refractivity contribution >= 4 is 29.6 Å². The number of carbonyl (C=O) groups is 3. The molecule has 0 fully saturated rings. The highest BCUT2D eigenvalue weighted by Crippen LogP contribution is 2.31. The molecule has 1 aliphatic rings. The number of aryl methyl sites for hydroxylation is 1. The van der Waals surface area contributed by atoms with Crippen molar-refractivity contribution < 1.29 is 29.0 Å². The van der Waals surface area contributed by atoms with E-state index in [1.807, 2.05) is 0 Å². The first-order valence-corrected chi connectivity index (χ1v) is 10.5. The first-order valence-electron chi connectivity index (χ1n) is 10.5. The van der Waals surface area contributed by atoms with Gasteiger partial charge < -0.3 is 35.9 Å². The maximum atomic E-state index is 12.6. The number of anilines is 2. The van der Waals surface area contributed by atoms with Crippen LogP contribution in [0.15, 0.2) is 12.3 Å². The number of nitrogens with zero attached hydrogens (tertiary/aromatic N) is 2. The fourth-order valence-electron chi connectivity index (χ4n) is 3.70. The van der Waals surface area contributed by atoms with Gasteiger partial charge in [0.15, 0.2) is 0 Å². The van der Waals surface area contributed by atoms with E-state index >= 15 is 0 Å². The number of fused-ring (bicyclic) bond motifs is 1. The Hall–Kier alpha value is -3.83. The molecule has 178 valence electrons. The number of hydrogen-bond acceptors (Lipinski definition) is 10. The summed E-state index contributed by atoms with van der Waals surface area (Å²) in [7, 11) is 2.47. The zero-order chi connectivity index (χ0) is 24.0. The molecule has 33 heavy (non-hydrogen) atoms. The molecule has 3 rings (SSSR count). The summed E-state index contributed by atoms with van der Waals surface area (Å²) in [6, 6.07) is 0.757. The first kappa shape index (κ1) is 23.8. The third-order valence-corrected chi connectivity index (χ3v) is 5.54. The van der Waals surface area contributed by atoms with Crippen LogP contribution in [0.25, 0.3) is 0 Å². The van der Waals surface area contributed by atoms with E-state index < -0.39 is 23.9 Å². The van der Waals surface area contributed by atoms with Crippen LogP contribution in [0, 0.1) is 5.92 Å². The zero-order valence-electron chi connectivity index (χ0n) is 18.5. The van der Waals surface area contributed by atoms with Gasteiger partial charge >= 0.3 is 11.9 Å². The van der Waals surface area contributed by atoms with Gasteiger partial charge in [0.05, 0.1) is 25.3 Å². The van der Waals surface area contributed by atoms with Gasteiger partial charge in [-0.1, -0.05) is 0 Å². The minimum Gasteiger partial charge on any atom is -0.493 e. The van der Waals surface area contributed by atoms with E-state index in [2.05, 4.69) is 30.3 Å². The van der Waals surface area contributed by atoms with Gasteiger partial charge in [-0.25, -0.2) is 4.79 Å². The smallest absolute Gasteiger partial charge is 0.328 e. The summed E-state index contributed by atoms with van der Waals surface area (Å²) in [6.45, 7) is 0.679. The van der Waals surface area contributed by atoms with E-state index in [0.717, 1.165) is 12.1 Å². The lowest BCUT2D eigenvalue weighted by atomic mass is 9.92. The highest BCUT2D eigenvalue weighted by Gasteiger charge is 2.25. The number of aromatic amines is 1. The number of nitrogens with two attached hydrogens (primary N) is 1. The van der Waals surface area contributed by atoms with Gasteiger partial charge in [0.1, 0.15) is 11.9 Å². The average Bonchev–Trinajstić information content (AvgIpc) is 3.28. The number of hydrogen-bond donors (Lipinski definition) is 5. The molecule has 1 unspecified atom stereocenters. The molecule has 0 aliphatic carbocycles. The molecule has 0 aromatic carbocycles. The van der Waals surface area contributed by atoms with Crippen molar-refractivity contribution in [1.29, 1.82) is 0 Å². The number of nitrogens with one attached hydrogen (secondary N) is 3. The molecule has 0 bridgehead atoms. The normalized spacial score (nSPS) is 15.6. The number of rotatable bonds is 9. The van der Waals surface area contributed by atoms with E-state index in [1.54, 1.807) is 12.3 Å². The van der Waals surface area contributed by atoms with Gasteiger partial charge in [-0.3, -0.25) is 9.59 Å². The zero-order valence-corrected chi connectivity index (χ0v) is 18.5. The van der Waals surface area contributed by atoms with Gasteiger partial charge in [0.25, 0.3) is 5.91 Å². The van der Waals surface area contributed by atoms with Gasteiger partial charge in [0.2, 0.25) is 11.8 Å². The van der Waals surface area contributed by atoms with Crippen LogP contribution in [0.4, 0.5) is 11.8 Å². The van der Waals surface area contributed by atoms with Crippen molar-refractivity contribution in [1.82, 2.24) is 20.3 Å². The number of aromatic hydroxyl groups is 1. The standard InChI is InChI=1S/C21H28N6O6/c1-32-16(28)6-5-15(20(31)33-2)25-18(29)12-8-13(23-10-12)4-3-11-7-14-17(24-9-11)26-21(22)27-19(14)30/h8,10-11,15,23H,3-7,9H2,1-2H3,(H,25,29)(H4,22,24,26,27,30)/t11?,15-/m0/s1. The summed E-state index contributed by atoms with van der Waals surface area (Å²) in [6.07, 6.45) is 3.69. The maximum Gasteiger partial charge on any atom is 0.328 e. The Labute approximate surface area is 190 Å². The molecular weight excluding hydrogens is 432 g/mol. The third kappa shape index (κ3) is 6.11. The van der Waals surface area contributed by atoms with E-state index in [1.165, 1.54) is 14.2 Å². The number of H-pyrrole nitrogens is 1. The van der Waals surface area contributed by atoms with Crippen LogP contribution in [0.1, 0.15) is 40.9 Å². The minimum absolute atomic E-state index is 0.0223. The summed E-state index contributed by atoms with van der Waals surface area (Å²) in [5.74, 6) is -0.867. The summed E-state index contributed by atoms with van der Waals surface area (Å²) in [5.41, 5.74) is 7.43. The fourth-order valence-corrected chi connectivity index (χ4v) is 3.70. The second-order valence-corrected chi connectivity index (χ2v) is 7.80. The molecular formula is C21H28N6O6. The van der Waals surface area contributed by atoms with Gasteiger partial charge in [-0.2, -0.15) is 9.97 Å². The lowest BCUT2D eigenvalue weighted by Gasteiger charge is -2.25. The minimum atomic E-state index is -0.961. The highest BCUT2D eigenvalue weighted by atomic mass is 16.5. The number of esters is 2. The average molecular weight is 460 g/mol. The summed E-state index contributed by atoms with van der Waals surface area (Å²) in [5, 5.41) is 15.8. The Morgan fingerprint density at radius 2 is 2.09 bits per heavy atom. The Morgan fingerprint density at radius 3 is 2.82 bits per heavy atom. The Kier molecular flexibility index (Phi) is 7.70. The van der Waals surface area contributed by atoms with Gasteiger partial charge in [-0.15, -0.1) is 0 Å². The molecule has 12 nitrogen and oxygen atoms in total. The van der Waals surface area contributed by atoms with Gasteiger partial charge in [0, 0.05) is 24.9 Å². The SMILES string of the molecule is COC(=O)CC[C@H](NC(=O)c1c[nH]c(CCC2CNc3nc(N)nc(O)c3C2)c1)C(=O)OC. The number of aromatic nitrogens is 3. The highest BCUT2D eigenvalue weighted by molar-refractivity contribution is 5.96. The molecule has 2 aromatic rings. The monoisotopic (exact) mass is 460 g/mol. The molecule has 0 spiro atoms. The van der Waals surface area contributed by atoms with Crippen molar-refractivity contribution in [3.05, 3.63) is 29.1 Å². The van der Waals surface area contributed by atoms with Crippen molar-refractivity contribution in [2.45, 2.75) is 38.1 Å². The van der Waals surface area contributed by atoms with E-state index in [9.17, 15) is 19.5 Å². The predicted molar refractivity (Wildman–Crippen MR) is 117 cm³/mol. The molecule has 1 amide bonds. The van der Waals surface area contributed by atoms with Crippen LogP contribution in [0.3, 0.4) is 0 Å². The lowest BCUT2D eigenvalue weighted by molar-refractivity contribution is -0.144. The molecule has 1 aliphatic heterocycles. The Bertz CT molecular complexity index is 1020. The summed E-state index contributed by atoms with van der Waals surface area (Å²) < 4.78 is 9.29. The molecule has 12 heteroatoms. The van der Waals surface area contributed by atoms with Crippen molar-refractivity contribution in [3.8, 4) is 5.88 Å². The lowest BCUT2D eigenvalue weighted by Crippen LogP contribution is -2.41. The molecule has 0 radical (unpaired) electrons. The Balaban J connectivity index is 1.55. The molecule has 0 saturated heterocycles. The van der Waals surface area contributed by atoms with Crippen LogP contribution in [0.2, 0.25) is 0 Å². The number of ether oxygens (including phenoxy) is 2. The number of nitrogen functional groups attached to an aromatic ring is 1. The molecule has 2 atom stereocenters. The van der Waals surface area contributed by atoms with Crippen LogP contribution in [-0.4, -0.2) is 64.7 Å². The van der Waals surface area contributed by atoms with Crippen LogP contribution in [0.5, 0.6) is 5.88 Å². The molecule has 2 aromatic heterocycles. The van der Waals surface area contributed by atoms with E-state index in [4.69, 9.17) is 10.5 Å². The summed E-state index contributed by atoms with van der Waals surface area (Å²) in [4.78, 5) is 46.9. The largest absolute Gasteiger partial charge is 0.493 e. The molecule has 3 heterocycles. The predicted octanol–water partition coefficient (Wildman–Crippen LogP) is 0.534. The van der Waals surface area contributed by atoms with E-state index in [-0.39, 0.29) is 30.6 Å². The number of carbonyl (C=O) groups excluding carboxylic acids is 3. The quantitative estimate of drug-likeness (QED) is 0.331. The van der Waals surface area contributed by atoms with Crippen molar-refractivity contribution in [2.24, 2.45) is 5.92 Å². The first-order chi connectivity index (χ1) is 15.8. The van der Waals surface area contributed by atoms with Crippen molar-refractivity contribution in [2.75, 3.05) is 31.8 Å². The van der Waals surface area contributed by atoms with Crippen LogP contribution in [-0.2, 0) is 31.9 Å². The topological polar surface area (TPSA) is 182 Å². The number of methoxy groups -OCH3 is 2. The molecule has 6 N–H and O–H groups in total. The number of amides is 1. The van der Waals surface area contributed by atoms with E-state index in [0.29, 0.717) is 36.3 Å². The van der Waals surface area contributed by atoms with Crippen LogP contribution < -0.4 is 16.4 Å². The Morgan fingerprint density at radius 1 is 1.30 bits per heavy atom. The molecule has 0 saturated carbocycles. The second kappa shape index (κ2) is 10.7. The third-order valence-electron chi connectivity index (χ3n) is 5.54. The van der Waals surface area contributed by atoms with Crippen LogP contribution >= 0.6 is 0 Å². The van der Waals surface area contributed by atoms with Crippen molar-refractivity contribution in [3.63, 3.8) is 0 Å². The maximum absolute atomic E-state index is 12.6. The van der Waals surface area contributed by atoms with Gasteiger partial charge in [-0.05, 0) is 37.7 Å². The summed E-state index contributed by atoms with van der Waals surface area (Å²) >= 11 is 0. The fraction of sp³-hybridized carbons (Fsp3) is 0.476.